The largest absolute Gasteiger partial charge is 0.344 e. The number of aromatic nitrogens is 4. The van der Waals surface area contributed by atoms with Crippen LogP contribution >= 0.6 is 11.5 Å². The average molecular weight is 351 g/mol. The number of carbonyl (C=O) groups is 1. The Bertz CT molecular complexity index is 909. The molecule has 7 heteroatoms. The molecule has 0 aliphatic heterocycles. The summed E-state index contributed by atoms with van der Waals surface area (Å²) in [7, 11) is 0. The van der Waals surface area contributed by atoms with Crippen LogP contribution in [0.5, 0.6) is 0 Å². The Labute approximate surface area is 149 Å². The Kier molecular flexibility index (Phi) is 4.23. The zero-order valence-electron chi connectivity index (χ0n) is 13.8. The van der Waals surface area contributed by atoms with Gasteiger partial charge in [0.1, 0.15) is 4.88 Å². The number of benzene rings is 1. The van der Waals surface area contributed by atoms with Crippen molar-refractivity contribution in [2.75, 3.05) is 0 Å². The Hall–Kier alpha value is -2.67. The minimum atomic E-state index is -0.127. The van der Waals surface area contributed by atoms with E-state index in [0.717, 1.165) is 53.4 Å². The lowest BCUT2D eigenvalue weighted by Gasteiger charge is -2.25. The van der Waals surface area contributed by atoms with Crippen molar-refractivity contribution in [2.45, 2.75) is 32.2 Å². The number of aryl methyl sites for hydroxylation is 2. The van der Waals surface area contributed by atoms with Gasteiger partial charge in [-0.1, -0.05) is 34.8 Å². The maximum Gasteiger partial charge on any atom is 0.265 e. The van der Waals surface area contributed by atoms with Crippen LogP contribution in [0.3, 0.4) is 0 Å². The van der Waals surface area contributed by atoms with E-state index in [2.05, 4.69) is 19.9 Å². The number of rotatable bonds is 3. The van der Waals surface area contributed by atoms with Crippen molar-refractivity contribution in [3.8, 4) is 11.4 Å². The third kappa shape index (κ3) is 3.15. The number of hydrogen-bond acceptors (Lipinski definition) is 6. The van der Waals surface area contributed by atoms with Gasteiger partial charge in [0.2, 0.25) is 0 Å². The minimum absolute atomic E-state index is 0.0671. The number of hydrogen-bond donors (Lipinski definition) is 1. The zero-order chi connectivity index (χ0) is 17.2. The van der Waals surface area contributed by atoms with Gasteiger partial charge in [0.25, 0.3) is 5.91 Å². The summed E-state index contributed by atoms with van der Waals surface area (Å²) in [6.45, 7) is 1.79. The van der Waals surface area contributed by atoms with Crippen LogP contribution in [0.4, 0.5) is 0 Å². The van der Waals surface area contributed by atoms with Gasteiger partial charge in [-0.3, -0.25) is 4.79 Å². The molecule has 0 fully saturated rings. The summed E-state index contributed by atoms with van der Waals surface area (Å²) in [4.78, 5) is 22.3. The fraction of sp³-hybridized carbons (Fsp3) is 0.278. The second-order valence-electron chi connectivity index (χ2n) is 6.07. The molecule has 0 radical (unpaired) electrons. The van der Waals surface area contributed by atoms with Gasteiger partial charge in [0.15, 0.2) is 5.82 Å². The first-order valence-electron chi connectivity index (χ1n) is 8.23. The molecule has 6 nitrogen and oxygen atoms in total. The van der Waals surface area contributed by atoms with Gasteiger partial charge in [0, 0.05) is 23.0 Å². The molecule has 4 rings (SSSR count). The second-order valence-corrected chi connectivity index (χ2v) is 6.82. The molecular formula is C18H17N5OS. The quantitative estimate of drug-likeness (QED) is 0.784. The molecule has 25 heavy (non-hydrogen) atoms. The summed E-state index contributed by atoms with van der Waals surface area (Å²) in [6, 6.07) is 9.87. The van der Waals surface area contributed by atoms with Gasteiger partial charge in [-0.05, 0) is 37.7 Å². The van der Waals surface area contributed by atoms with E-state index in [0.29, 0.717) is 10.6 Å². The zero-order valence-corrected chi connectivity index (χ0v) is 14.6. The molecule has 1 atom stereocenters. The van der Waals surface area contributed by atoms with Gasteiger partial charge >= 0.3 is 0 Å². The fourth-order valence-electron chi connectivity index (χ4n) is 3.09. The number of amides is 1. The molecule has 1 N–H and O–H groups in total. The van der Waals surface area contributed by atoms with E-state index >= 15 is 0 Å². The van der Waals surface area contributed by atoms with Crippen LogP contribution in [0, 0.1) is 6.92 Å². The first kappa shape index (κ1) is 15.8. The van der Waals surface area contributed by atoms with Crippen LogP contribution in [0.1, 0.15) is 45.5 Å². The second kappa shape index (κ2) is 6.68. The van der Waals surface area contributed by atoms with Crippen molar-refractivity contribution < 1.29 is 4.79 Å². The van der Waals surface area contributed by atoms with Crippen molar-refractivity contribution in [3.05, 3.63) is 58.4 Å². The van der Waals surface area contributed by atoms with Gasteiger partial charge in [-0.2, -0.15) is 0 Å². The molecule has 1 aliphatic carbocycles. The summed E-state index contributed by atoms with van der Waals surface area (Å²) in [5.74, 6) is 0.603. The molecular weight excluding hydrogens is 334 g/mol. The monoisotopic (exact) mass is 351 g/mol. The maximum atomic E-state index is 12.5. The molecule has 126 valence electrons. The van der Waals surface area contributed by atoms with Crippen LogP contribution in [-0.2, 0) is 6.42 Å². The molecule has 1 aromatic carbocycles. The fourth-order valence-corrected chi connectivity index (χ4v) is 3.65. The highest BCUT2D eigenvalue weighted by Crippen LogP contribution is 2.30. The molecule has 3 aromatic rings. The van der Waals surface area contributed by atoms with Crippen LogP contribution in [0.15, 0.2) is 36.5 Å². The van der Waals surface area contributed by atoms with E-state index in [-0.39, 0.29) is 11.9 Å². The lowest BCUT2D eigenvalue weighted by Crippen LogP contribution is -2.31. The summed E-state index contributed by atoms with van der Waals surface area (Å²) in [5, 5.41) is 6.99. The maximum absolute atomic E-state index is 12.5. The smallest absolute Gasteiger partial charge is 0.265 e. The Balaban J connectivity index is 1.60. The van der Waals surface area contributed by atoms with E-state index < -0.39 is 0 Å². The normalized spacial score (nSPS) is 16.3. The number of carbonyl (C=O) groups excluding carboxylic acids is 1. The molecule has 0 bridgehead atoms. The lowest BCUT2D eigenvalue weighted by atomic mass is 9.92. The summed E-state index contributed by atoms with van der Waals surface area (Å²) in [5.41, 5.74) is 3.69. The summed E-state index contributed by atoms with van der Waals surface area (Å²) in [6.07, 6.45) is 4.64. The van der Waals surface area contributed by atoms with Gasteiger partial charge in [0.05, 0.1) is 11.7 Å². The highest BCUT2D eigenvalue weighted by molar-refractivity contribution is 7.08. The van der Waals surface area contributed by atoms with Crippen LogP contribution in [0.25, 0.3) is 11.4 Å². The molecule has 0 spiro atoms. The first-order valence-corrected chi connectivity index (χ1v) is 9.01. The molecule has 1 aliphatic rings. The standard InChI is InChI=1S/C18H17N5OS/c1-11-16(25-23-22-11)18(24)21-15-9-5-8-14-13(15)10-19-17(20-14)12-6-3-2-4-7-12/h2-4,6-7,10,15H,5,8-9H2,1H3,(H,21,24). The Morgan fingerprint density at radius 3 is 2.88 bits per heavy atom. The van der Waals surface area contributed by atoms with E-state index in [1.807, 2.05) is 36.5 Å². The molecule has 2 heterocycles. The van der Waals surface area contributed by atoms with Crippen molar-refractivity contribution in [1.82, 2.24) is 24.9 Å². The minimum Gasteiger partial charge on any atom is -0.344 e. The van der Waals surface area contributed by atoms with Crippen LogP contribution in [-0.4, -0.2) is 25.5 Å². The van der Waals surface area contributed by atoms with Crippen molar-refractivity contribution >= 4 is 17.4 Å². The van der Waals surface area contributed by atoms with E-state index in [1.54, 1.807) is 6.92 Å². The van der Waals surface area contributed by atoms with E-state index in [9.17, 15) is 4.79 Å². The van der Waals surface area contributed by atoms with Crippen LogP contribution in [0.2, 0.25) is 0 Å². The summed E-state index contributed by atoms with van der Waals surface area (Å²) < 4.78 is 3.83. The number of fused-ring (bicyclic) bond motifs is 1. The molecule has 0 saturated heterocycles. The molecule has 1 unspecified atom stereocenters. The third-order valence-corrected chi connectivity index (χ3v) is 5.20. The molecule has 2 aromatic heterocycles. The lowest BCUT2D eigenvalue weighted by molar-refractivity contribution is 0.0936. The third-order valence-electron chi connectivity index (χ3n) is 4.38. The summed E-state index contributed by atoms with van der Waals surface area (Å²) >= 11 is 1.12. The molecule has 0 saturated carbocycles. The predicted molar refractivity (Wildman–Crippen MR) is 95.3 cm³/mol. The predicted octanol–water partition coefficient (Wildman–Crippen LogP) is 3.11. The van der Waals surface area contributed by atoms with Crippen molar-refractivity contribution in [1.29, 1.82) is 0 Å². The van der Waals surface area contributed by atoms with Crippen molar-refractivity contribution in [2.24, 2.45) is 0 Å². The van der Waals surface area contributed by atoms with E-state index in [4.69, 9.17) is 4.98 Å². The average Bonchev–Trinajstić information content (AvgIpc) is 3.08. The number of nitrogens with zero attached hydrogens (tertiary/aromatic N) is 4. The first-order chi connectivity index (χ1) is 12.2. The highest BCUT2D eigenvalue weighted by Gasteiger charge is 2.25. The van der Waals surface area contributed by atoms with E-state index in [1.165, 1.54) is 0 Å². The van der Waals surface area contributed by atoms with Gasteiger partial charge in [-0.25, -0.2) is 9.97 Å². The number of nitrogens with one attached hydrogen (secondary N) is 1. The van der Waals surface area contributed by atoms with Gasteiger partial charge in [-0.15, -0.1) is 5.10 Å². The molecule has 1 amide bonds. The Morgan fingerprint density at radius 1 is 1.28 bits per heavy atom. The highest BCUT2D eigenvalue weighted by atomic mass is 32.1. The van der Waals surface area contributed by atoms with Crippen LogP contribution < -0.4 is 5.32 Å². The van der Waals surface area contributed by atoms with Gasteiger partial charge < -0.3 is 5.32 Å². The van der Waals surface area contributed by atoms with Crippen molar-refractivity contribution in [3.63, 3.8) is 0 Å². The topological polar surface area (TPSA) is 80.7 Å². The Morgan fingerprint density at radius 2 is 2.12 bits per heavy atom. The SMILES string of the molecule is Cc1nnsc1C(=O)NC1CCCc2nc(-c3ccccc3)ncc21.